The highest BCUT2D eigenvalue weighted by Crippen LogP contribution is 2.30. The highest BCUT2D eigenvalue weighted by atomic mass is 35.5. The summed E-state index contributed by atoms with van der Waals surface area (Å²) in [6, 6.07) is 1.68. The average molecular weight is 304 g/mol. The molecule has 1 rings (SSSR count). The second kappa shape index (κ2) is 6.80. The summed E-state index contributed by atoms with van der Waals surface area (Å²) in [5, 5.41) is 14.1. The molecule has 20 heavy (non-hydrogen) atoms. The number of carbonyl (C=O) groups is 1. The van der Waals surface area contributed by atoms with E-state index in [2.05, 4.69) is 15.3 Å². The minimum Gasteiger partial charge on any atom is -0.461 e. The van der Waals surface area contributed by atoms with Crippen molar-refractivity contribution in [2.24, 2.45) is 5.10 Å². The maximum atomic E-state index is 13.2. The molecule has 0 atom stereocenters. The van der Waals surface area contributed by atoms with Crippen LogP contribution in [0, 0.1) is 15.9 Å². The van der Waals surface area contributed by atoms with Crippen LogP contribution in [-0.2, 0) is 9.53 Å². The highest BCUT2D eigenvalue weighted by Gasteiger charge is 2.18. The number of rotatable bonds is 5. The summed E-state index contributed by atoms with van der Waals surface area (Å²) < 4.78 is 17.9. The van der Waals surface area contributed by atoms with Crippen LogP contribution in [-0.4, -0.2) is 23.2 Å². The van der Waals surface area contributed by atoms with Crippen molar-refractivity contribution in [1.29, 1.82) is 0 Å². The van der Waals surface area contributed by atoms with Gasteiger partial charge in [-0.2, -0.15) is 5.10 Å². The topological polar surface area (TPSA) is 93.8 Å². The van der Waals surface area contributed by atoms with Crippen molar-refractivity contribution in [2.75, 3.05) is 12.0 Å². The Bertz CT molecular complexity index is 577. The molecule has 108 valence electrons. The fraction of sp³-hybridized carbons (Fsp3) is 0.273. The van der Waals surface area contributed by atoms with Crippen molar-refractivity contribution in [3.05, 3.63) is 33.1 Å². The van der Waals surface area contributed by atoms with Crippen LogP contribution in [0.3, 0.4) is 0 Å². The van der Waals surface area contributed by atoms with Crippen LogP contribution in [0.25, 0.3) is 0 Å². The van der Waals surface area contributed by atoms with Crippen LogP contribution in [0.15, 0.2) is 17.2 Å². The molecule has 0 spiro atoms. The molecule has 1 N–H and O–H groups in total. The second-order valence-electron chi connectivity index (χ2n) is 3.57. The van der Waals surface area contributed by atoms with E-state index in [0.717, 1.165) is 6.07 Å². The number of nitrogens with one attached hydrogen (secondary N) is 1. The smallest absolute Gasteiger partial charge is 0.354 e. The van der Waals surface area contributed by atoms with Crippen LogP contribution in [0.5, 0.6) is 0 Å². The van der Waals surface area contributed by atoms with E-state index in [1.54, 1.807) is 6.92 Å². The van der Waals surface area contributed by atoms with E-state index in [1.807, 2.05) is 0 Å². The van der Waals surface area contributed by atoms with Gasteiger partial charge in [-0.15, -0.1) is 0 Å². The molecule has 0 aliphatic heterocycles. The standard InChI is InChI=1S/C11H11ClFN3O4/c1-3-20-11(17)6(2)14-15-9-4-7(12)8(13)5-10(9)16(18)19/h4-5,15H,3H2,1-2H3. The largest absolute Gasteiger partial charge is 0.461 e. The van der Waals surface area contributed by atoms with Crippen LogP contribution in [0.1, 0.15) is 13.8 Å². The number of benzene rings is 1. The first-order chi connectivity index (χ1) is 9.36. The number of nitro groups is 1. The average Bonchev–Trinajstić information content (AvgIpc) is 2.39. The zero-order valence-electron chi connectivity index (χ0n) is 10.6. The Balaban J connectivity index is 3.03. The lowest BCUT2D eigenvalue weighted by Crippen LogP contribution is -2.15. The molecule has 7 nitrogen and oxygen atoms in total. The van der Waals surface area contributed by atoms with Crippen molar-refractivity contribution < 1.29 is 18.8 Å². The fourth-order valence-electron chi connectivity index (χ4n) is 1.20. The quantitative estimate of drug-likeness (QED) is 0.390. The van der Waals surface area contributed by atoms with Gasteiger partial charge in [-0.05, 0) is 19.9 Å². The van der Waals surface area contributed by atoms with Gasteiger partial charge in [-0.25, -0.2) is 9.18 Å². The van der Waals surface area contributed by atoms with Crippen molar-refractivity contribution in [3.8, 4) is 0 Å². The van der Waals surface area contributed by atoms with E-state index < -0.39 is 22.4 Å². The van der Waals surface area contributed by atoms with Crippen LogP contribution in [0.4, 0.5) is 15.8 Å². The molecule has 0 radical (unpaired) electrons. The molecule has 1 aromatic rings. The SMILES string of the molecule is CCOC(=O)C(C)=NNc1cc(Cl)c(F)cc1[N+](=O)[O-]. The van der Waals surface area contributed by atoms with E-state index in [4.69, 9.17) is 11.6 Å². The van der Waals surface area contributed by atoms with Crippen molar-refractivity contribution >= 4 is 34.7 Å². The molecule has 0 heterocycles. The number of nitrogens with zero attached hydrogens (tertiary/aromatic N) is 2. The molecule has 9 heteroatoms. The first-order valence-corrected chi connectivity index (χ1v) is 5.85. The number of hydrogen-bond donors (Lipinski definition) is 1. The summed E-state index contributed by atoms with van der Waals surface area (Å²) in [6.07, 6.45) is 0. The zero-order chi connectivity index (χ0) is 15.3. The number of ether oxygens (including phenoxy) is 1. The van der Waals surface area contributed by atoms with E-state index in [1.165, 1.54) is 6.92 Å². The van der Waals surface area contributed by atoms with E-state index in [0.29, 0.717) is 6.07 Å². The Morgan fingerprint density at radius 1 is 1.60 bits per heavy atom. The molecule has 0 unspecified atom stereocenters. The molecule has 0 aliphatic carbocycles. The van der Waals surface area contributed by atoms with Crippen LogP contribution < -0.4 is 5.43 Å². The Morgan fingerprint density at radius 3 is 2.80 bits per heavy atom. The Morgan fingerprint density at radius 2 is 2.25 bits per heavy atom. The second-order valence-corrected chi connectivity index (χ2v) is 3.98. The number of esters is 1. The molecule has 0 bridgehead atoms. The molecule has 1 aromatic carbocycles. The number of anilines is 1. The maximum absolute atomic E-state index is 13.2. The summed E-state index contributed by atoms with van der Waals surface area (Å²) in [4.78, 5) is 21.3. The first kappa shape index (κ1) is 15.8. The Hall–Kier alpha value is -2.22. The maximum Gasteiger partial charge on any atom is 0.354 e. The fourth-order valence-corrected chi connectivity index (χ4v) is 1.37. The normalized spacial score (nSPS) is 11.1. The number of hydrogen-bond acceptors (Lipinski definition) is 6. The van der Waals surface area contributed by atoms with E-state index >= 15 is 0 Å². The molecule has 0 fully saturated rings. The monoisotopic (exact) mass is 303 g/mol. The summed E-state index contributed by atoms with van der Waals surface area (Å²) in [6.45, 7) is 3.17. The Kier molecular flexibility index (Phi) is 5.39. The lowest BCUT2D eigenvalue weighted by atomic mass is 10.2. The molecule has 0 saturated carbocycles. The van der Waals surface area contributed by atoms with Gasteiger partial charge in [0.15, 0.2) is 0 Å². The van der Waals surface area contributed by atoms with E-state index in [9.17, 15) is 19.3 Å². The van der Waals surface area contributed by atoms with Gasteiger partial charge < -0.3 is 4.74 Å². The third-order valence-corrected chi connectivity index (χ3v) is 2.44. The van der Waals surface area contributed by atoms with Crippen LogP contribution in [0.2, 0.25) is 5.02 Å². The summed E-state index contributed by atoms with van der Waals surface area (Å²) in [5.74, 6) is -1.59. The summed E-state index contributed by atoms with van der Waals surface area (Å²) >= 11 is 5.54. The van der Waals surface area contributed by atoms with Gasteiger partial charge >= 0.3 is 5.97 Å². The molecule has 0 amide bonds. The lowest BCUT2D eigenvalue weighted by Gasteiger charge is -2.05. The molecular weight excluding hydrogens is 293 g/mol. The predicted molar refractivity (Wildman–Crippen MR) is 71.4 cm³/mol. The number of nitro benzene ring substituents is 1. The first-order valence-electron chi connectivity index (χ1n) is 5.47. The van der Waals surface area contributed by atoms with Gasteiger partial charge in [0, 0.05) is 0 Å². The van der Waals surface area contributed by atoms with Crippen LogP contribution >= 0.6 is 11.6 Å². The minimum atomic E-state index is -0.921. The zero-order valence-corrected chi connectivity index (χ0v) is 11.4. The van der Waals surface area contributed by atoms with Gasteiger partial charge in [0.25, 0.3) is 5.69 Å². The third-order valence-electron chi connectivity index (χ3n) is 2.15. The van der Waals surface area contributed by atoms with Gasteiger partial charge in [-0.1, -0.05) is 11.6 Å². The Labute approximate surface area is 118 Å². The van der Waals surface area contributed by atoms with Crippen molar-refractivity contribution in [2.45, 2.75) is 13.8 Å². The summed E-state index contributed by atoms with van der Waals surface area (Å²) in [5.41, 5.74) is 1.57. The lowest BCUT2D eigenvalue weighted by molar-refractivity contribution is -0.384. The highest BCUT2D eigenvalue weighted by molar-refractivity contribution is 6.35. The van der Waals surface area contributed by atoms with Crippen molar-refractivity contribution in [3.63, 3.8) is 0 Å². The van der Waals surface area contributed by atoms with Crippen molar-refractivity contribution in [1.82, 2.24) is 0 Å². The number of halogens is 2. The van der Waals surface area contributed by atoms with Gasteiger partial charge in [-0.3, -0.25) is 15.5 Å². The predicted octanol–water partition coefficient (Wildman–Crippen LogP) is 2.74. The molecule has 0 aromatic heterocycles. The summed E-state index contributed by atoms with van der Waals surface area (Å²) in [7, 11) is 0. The van der Waals surface area contributed by atoms with Gasteiger partial charge in [0.2, 0.25) is 0 Å². The number of carbonyl (C=O) groups excluding carboxylic acids is 1. The molecule has 0 saturated heterocycles. The third kappa shape index (κ3) is 3.89. The van der Waals surface area contributed by atoms with Gasteiger partial charge in [0.05, 0.1) is 22.6 Å². The molecular formula is C11H11ClFN3O4. The minimum absolute atomic E-state index is 0.0402. The molecule has 0 aliphatic rings. The number of hydrazone groups is 1. The van der Waals surface area contributed by atoms with E-state index in [-0.39, 0.29) is 23.0 Å². The van der Waals surface area contributed by atoms with Gasteiger partial charge in [0.1, 0.15) is 17.2 Å².